The molecule has 7 nitrogen and oxygen atoms in total. The quantitative estimate of drug-likeness (QED) is 0.622. The summed E-state index contributed by atoms with van der Waals surface area (Å²) >= 11 is 5.97. The molecular formula is C18H17ClN6O. The van der Waals surface area contributed by atoms with E-state index in [-0.39, 0.29) is 5.91 Å². The summed E-state index contributed by atoms with van der Waals surface area (Å²) in [7, 11) is 0. The number of hydrogen-bond acceptors (Lipinski definition) is 6. The summed E-state index contributed by atoms with van der Waals surface area (Å²) in [6.45, 7) is 3.41. The number of nitrogens with one attached hydrogen (secondary N) is 3. The number of carbonyl (C=O) groups excluding carboxylic acids is 1. The van der Waals surface area contributed by atoms with E-state index < -0.39 is 0 Å². The van der Waals surface area contributed by atoms with Crippen molar-refractivity contribution in [3.63, 3.8) is 0 Å². The number of nitrogens with zero attached hydrogens (tertiary/aromatic N) is 3. The van der Waals surface area contributed by atoms with E-state index in [4.69, 9.17) is 11.6 Å². The molecular weight excluding hydrogens is 352 g/mol. The van der Waals surface area contributed by atoms with Crippen molar-refractivity contribution in [2.24, 2.45) is 0 Å². The van der Waals surface area contributed by atoms with Crippen molar-refractivity contribution in [3.8, 4) is 0 Å². The molecule has 0 saturated heterocycles. The van der Waals surface area contributed by atoms with Gasteiger partial charge in [0.25, 0.3) is 0 Å². The number of halogens is 1. The van der Waals surface area contributed by atoms with Crippen LogP contribution in [0.15, 0.2) is 48.7 Å². The van der Waals surface area contributed by atoms with E-state index in [1.165, 1.54) is 13.1 Å². The summed E-state index contributed by atoms with van der Waals surface area (Å²) in [6, 6.07) is 12.8. The number of aromatic nitrogens is 3. The molecule has 0 spiro atoms. The first kappa shape index (κ1) is 17.6. The van der Waals surface area contributed by atoms with Crippen LogP contribution in [0, 0.1) is 6.92 Å². The van der Waals surface area contributed by atoms with Crippen molar-refractivity contribution in [1.82, 2.24) is 15.2 Å². The minimum Gasteiger partial charge on any atom is -0.339 e. The van der Waals surface area contributed by atoms with E-state index in [9.17, 15) is 4.79 Å². The van der Waals surface area contributed by atoms with Crippen LogP contribution in [0.2, 0.25) is 5.02 Å². The molecule has 0 saturated carbocycles. The fourth-order valence-electron chi connectivity index (χ4n) is 2.33. The molecule has 0 bridgehead atoms. The first-order chi connectivity index (χ1) is 12.5. The predicted octanol–water partition coefficient (Wildman–Crippen LogP) is 4.28. The SMILES string of the molecule is CC(=O)Nc1cccc(Nc2cnnc(Nc3ccc(Cl)cc3C)n2)c1. The lowest BCUT2D eigenvalue weighted by molar-refractivity contribution is -0.114. The largest absolute Gasteiger partial charge is 0.339 e. The number of aryl methyl sites for hydroxylation is 1. The molecule has 0 aliphatic rings. The lowest BCUT2D eigenvalue weighted by atomic mass is 10.2. The first-order valence-corrected chi connectivity index (χ1v) is 8.25. The highest BCUT2D eigenvalue weighted by Crippen LogP contribution is 2.23. The predicted molar refractivity (Wildman–Crippen MR) is 103 cm³/mol. The summed E-state index contributed by atoms with van der Waals surface area (Å²) in [6.07, 6.45) is 1.52. The van der Waals surface area contributed by atoms with Gasteiger partial charge < -0.3 is 16.0 Å². The van der Waals surface area contributed by atoms with Crippen LogP contribution in [-0.2, 0) is 4.79 Å². The smallest absolute Gasteiger partial charge is 0.249 e. The van der Waals surface area contributed by atoms with Crippen molar-refractivity contribution in [3.05, 3.63) is 59.2 Å². The fraction of sp³-hybridized carbons (Fsp3) is 0.111. The van der Waals surface area contributed by atoms with E-state index in [1.807, 2.05) is 31.2 Å². The molecule has 1 amide bonds. The van der Waals surface area contributed by atoms with Gasteiger partial charge >= 0.3 is 0 Å². The van der Waals surface area contributed by atoms with Gasteiger partial charge in [-0.3, -0.25) is 4.79 Å². The van der Waals surface area contributed by atoms with Gasteiger partial charge in [-0.15, -0.1) is 5.10 Å². The highest BCUT2D eigenvalue weighted by molar-refractivity contribution is 6.30. The first-order valence-electron chi connectivity index (χ1n) is 7.87. The maximum Gasteiger partial charge on any atom is 0.249 e. The molecule has 0 unspecified atom stereocenters. The molecule has 0 atom stereocenters. The third-order valence-corrected chi connectivity index (χ3v) is 3.68. The molecule has 2 aromatic carbocycles. The van der Waals surface area contributed by atoms with Crippen LogP contribution in [0.1, 0.15) is 12.5 Å². The maximum atomic E-state index is 11.2. The molecule has 0 aliphatic carbocycles. The van der Waals surface area contributed by atoms with Gasteiger partial charge in [-0.05, 0) is 48.9 Å². The Morgan fingerprint density at radius 1 is 1.08 bits per heavy atom. The summed E-state index contributed by atoms with van der Waals surface area (Å²) in [5.74, 6) is 0.753. The van der Waals surface area contributed by atoms with Gasteiger partial charge in [-0.25, -0.2) is 0 Å². The monoisotopic (exact) mass is 368 g/mol. The number of rotatable bonds is 5. The zero-order valence-corrected chi connectivity index (χ0v) is 15.0. The van der Waals surface area contributed by atoms with Crippen molar-refractivity contribution in [2.75, 3.05) is 16.0 Å². The molecule has 3 N–H and O–H groups in total. The minimum absolute atomic E-state index is 0.129. The highest BCUT2D eigenvalue weighted by Gasteiger charge is 2.05. The Labute approximate surface area is 155 Å². The van der Waals surface area contributed by atoms with Crippen LogP contribution in [0.4, 0.5) is 28.8 Å². The molecule has 26 heavy (non-hydrogen) atoms. The maximum absolute atomic E-state index is 11.2. The van der Waals surface area contributed by atoms with Gasteiger partial charge in [0, 0.05) is 29.0 Å². The Morgan fingerprint density at radius 3 is 2.65 bits per heavy atom. The summed E-state index contributed by atoms with van der Waals surface area (Å²) in [5, 5.41) is 17.6. The zero-order valence-electron chi connectivity index (χ0n) is 14.2. The minimum atomic E-state index is -0.129. The topological polar surface area (TPSA) is 91.8 Å². The Morgan fingerprint density at radius 2 is 1.88 bits per heavy atom. The second kappa shape index (κ2) is 7.79. The second-order valence-corrected chi connectivity index (χ2v) is 6.07. The number of anilines is 5. The van der Waals surface area contributed by atoms with Gasteiger partial charge in [0.15, 0.2) is 5.82 Å². The van der Waals surface area contributed by atoms with Gasteiger partial charge in [0.2, 0.25) is 11.9 Å². The average Bonchev–Trinajstić information content (AvgIpc) is 2.57. The van der Waals surface area contributed by atoms with Crippen LogP contribution in [0.5, 0.6) is 0 Å². The Balaban J connectivity index is 1.76. The number of benzene rings is 2. The third kappa shape index (κ3) is 4.67. The number of amides is 1. The van der Waals surface area contributed by atoms with E-state index in [2.05, 4.69) is 31.1 Å². The van der Waals surface area contributed by atoms with E-state index in [1.54, 1.807) is 18.2 Å². The van der Waals surface area contributed by atoms with Crippen LogP contribution in [-0.4, -0.2) is 21.1 Å². The van der Waals surface area contributed by atoms with Crippen LogP contribution in [0.25, 0.3) is 0 Å². The van der Waals surface area contributed by atoms with Crippen LogP contribution < -0.4 is 16.0 Å². The molecule has 0 radical (unpaired) electrons. The Hall–Kier alpha value is -3.19. The van der Waals surface area contributed by atoms with Crippen LogP contribution in [0.3, 0.4) is 0 Å². The van der Waals surface area contributed by atoms with E-state index >= 15 is 0 Å². The summed E-state index contributed by atoms with van der Waals surface area (Å²) in [4.78, 5) is 15.6. The molecule has 0 fully saturated rings. The second-order valence-electron chi connectivity index (χ2n) is 5.64. The standard InChI is InChI=1S/C18H17ClN6O/c1-11-8-13(19)6-7-16(11)23-18-24-17(10-20-25-18)22-15-5-3-4-14(9-15)21-12(2)26/h3-10H,1-2H3,(H,21,26)(H2,22,23,24,25). The molecule has 8 heteroatoms. The molecule has 132 valence electrons. The Bertz CT molecular complexity index is 946. The lowest BCUT2D eigenvalue weighted by Crippen LogP contribution is -2.06. The molecule has 1 heterocycles. The summed E-state index contributed by atoms with van der Waals surface area (Å²) in [5.41, 5.74) is 3.29. The van der Waals surface area contributed by atoms with Crippen molar-refractivity contribution >= 4 is 46.3 Å². The van der Waals surface area contributed by atoms with Crippen molar-refractivity contribution < 1.29 is 4.79 Å². The third-order valence-electron chi connectivity index (χ3n) is 3.45. The van der Waals surface area contributed by atoms with Crippen LogP contribution >= 0.6 is 11.6 Å². The van der Waals surface area contributed by atoms with Crippen molar-refractivity contribution in [2.45, 2.75) is 13.8 Å². The summed E-state index contributed by atoms with van der Waals surface area (Å²) < 4.78 is 0. The average molecular weight is 369 g/mol. The van der Waals surface area contributed by atoms with Gasteiger partial charge in [-0.2, -0.15) is 10.1 Å². The van der Waals surface area contributed by atoms with E-state index in [0.717, 1.165) is 16.9 Å². The molecule has 0 aliphatic heterocycles. The number of carbonyl (C=O) groups is 1. The molecule has 3 rings (SSSR count). The fourth-order valence-corrected chi connectivity index (χ4v) is 2.56. The molecule has 3 aromatic rings. The van der Waals surface area contributed by atoms with Crippen molar-refractivity contribution in [1.29, 1.82) is 0 Å². The lowest BCUT2D eigenvalue weighted by Gasteiger charge is -2.10. The Kier molecular flexibility index (Phi) is 5.28. The molecule has 1 aromatic heterocycles. The van der Waals surface area contributed by atoms with E-state index in [0.29, 0.717) is 22.5 Å². The zero-order chi connectivity index (χ0) is 18.5. The van der Waals surface area contributed by atoms with Gasteiger partial charge in [-0.1, -0.05) is 17.7 Å². The number of hydrogen-bond donors (Lipinski definition) is 3. The highest BCUT2D eigenvalue weighted by atomic mass is 35.5. The van der Waals surface area contributed by atoms with Gasteiger partial charge in [0.05, 0.1) is 6.20 Å². The van der Waals surface area contributed by atoms with Gasteiger partial charge in [0.1, 0.15) is 0 Å². The normalized spacial score (nSPS) is 10.3.